The third-order valence-electron chi connectivity index (χ3n) is 4.52. The molecule has 3 rings (SSSR count). The van der Waals surface area contributed by atoms with E-state index in [2.05, 4.69) is 16.9 Å². The Hall–Kier alpha value is -1.72. The van der Waals surface area contributed by atoms with Gasteiger partial charge in [-0.3, -0.25) is 14.1 Å². The number of hydrogen-bond acceptors (Lipinski definition) is 4. The molecule has 1 saturated carbocycles. The summed E-state index contributed by atoms with van der Waals surface area (Å²) in [6.07, 6.45) is 5.38. The van der Waals surface area contributed by atoms with Gasteiger partial charge >= 0.3 is 0 Å². The van der Waals surface area contributed by atoms with E-state index in [0.717, 1.165) is 12.2 Å². The van der Waals surface area contributed by atoms with Crippen LogP contribution in [0.2, 0.25) is 0 Å². The highest BCUT2D eigenvalue weighted by atomic mass is 16.1. The van der Waals surface area contributed by atoms with Crippen molar-refractivity contribution in [1.82, 2.24) is 14.3 Å². The Morgan fingerprint density at radius 3 is 3.10 bits per heavy atom. The van der Waals surface area contributed by atoms with Crippen molar-refractivity contribution >= 4 is 5.65 Å². The van der Waals surface area contributed by atoms with Gasteiger partial charge in [0.1, 0.15) is 5.65 Å². The van der Waals surface area contributed by atoms with Crippen molar-refractivity contribution in [3.63, 3.8) is 0 Å². The predicted octanol–water partition coefficient (Wildman–Crippen LogP) is 1.25. The first-order valence-electron chi connectivity index (χ1n) is 7.56. The third-order valence-corrected chi connectivity index (χ3v) is 4.52. The van der Waals surface area contributed by atoms with Gasteiger partial charge in [0.2, 0.25) is 0 Å². The fraction of sp³-hybridized carbons (Fsp3) is 0.500. The average molecular weight is 286 g/mol. The highest BCUT2D eigenvalue weighted by molar-refractivity contribution is 5.37. The quantitative estimate of drug-likeness (QED) is 0.919. The average Bonchev–Trinajstić information content (AvgIpc) is 2.96. The Bertz CT molecular complexity index is 681. The summed E-state index contributed by atoms with van der Waals surface area (Å²) >= 11 is 0. The predicted molar refractivity (Wildman–Crippen MR) is 83.1 cm³/mol. The summed E-state index contributed by atoms with van der Waals surface area (Å²) in [7, 11) is 2.10. The molecule has 2 aromatic heterocycles. The van der Waals surface area contributed by atoms with Crippen LogP contribution >= 0.6 is 0 Å². The first-order chi connectivity index (χ1) is 10.2. The number of hydrogen-bond donors (Lipinski definition) is 1. The second kappa shape index (κ2) is 5.95. The first kappa shape index (κ1) is 14.2. The molecule has 0 radical (unpaired) electrons. The molecule has 0 aromatic carbocycles. The van der Waals surface area contributed by atoms with Crippen LogP contribution in [0, 0.1) is 5.92 Å². The Labute approximate surface area is 124 Å². The molecular weight excluding hydrogens is 264 g/mol. The lowest BCUT2D eigenvalue weighted by Gasteiger charge is -2.28. The van der Waals surface area contributed by atoms with Crippen LogP contribution in [0.25, 0.3) is 5.65 Å². The summed E-state index contributed by atoms with van der Waals surface area (Å²) in [6.45, 7) is 1.44. The molecule has 2 heterocycles. The van der Waals surface area contributed by atoms with Crippen LogP contribution in [0.15, 0.2) is 35.3 Å². The smallest absolute Gasteiger partial charge is 0.258 e. The number of nitrogens with zero attached hydrogens (tertiary/aromatic N) is 3. The molecule has 2 atom stereocenters. The largest absolute Gasteiger partial charge is 0.330 e. The number of fused-ring (bicyclic) bond motifs is 1. The van der Waals surface area contributed by atoms with Gasteiger partial charge in [-0.2, -0.15) is 0 Å². The highest BCUT2D eigenvalue weighted by Gasteiger charge is 2.29. The van der Waals surface area contributed by atoms with E-state index in [4.69, 9.17) is 5.73 Å². The van der Waals surface area contributed by atoms with E-state index in [0.29, 0.717) is 24.2 Å². The van der Waals surface area contributed by atoms with Crippen LogP contribution in [0.3, 0.4) is 0 Å². The Kier molecular flexibility index (Phi) is 4.03. The third kappa shape index (κ3) is 2.84. The number of rotatable bonds is 4. The van der Waals surface area contributed by atoms with Crippen molar-refractivity contribution in [3.8, 4) is 0 Å². The van der Waals surface area contributed by atoms with Crippen molar-refractivity contribution in [2.45, 2.75) is 31.8 Å². The standard InChI is InChI=1S/C16H22N4O/c1-19(14-6-4-5-12(14)10-17)11-13-9-16(21)20-8-3-2-7-15(20)18-13/h2-3,7-9,12,14H,4-6,10-11,17H2,1H3. The molecule has 5 nitrogen and oxygen atoms in total. The van der Waals surface area contributed by atoms with Crippen LogP contribution in [0.4, 0.5) is 0 Å². The molecule has 1 aliphatic carbocycles. The lowest BCUT2D eigenvalue weighted by Crippen LogP contribution is -2.37. The van der Waals surface area contributed by atoms with E-state index in [-0.39, 0.29) is 5.56 Å². The molecule has 112 valence electrons. The zero-order valence-electron chi connectivity index (χ0n) is 12.4. The van der Waals surface area contributed by atoms with Crippen LogP contribution in [-0.4, -0.2) is 33.9 Å². The van der Waals surface area contributed by atoms with Crippen LogP contribution in [0.5, 0.6) is 0 Å². The normalized spacial score (nSPS) is 22.2. The van der Waals surface area contributed by atoms with Crippen LogP contribution < -0.4 is 11.3 Å². The molecule has 5 heteroatoms. The maximum absolute atomic E-state index is 12.1. The molecule has 1 fully saturated rings. The second-order valence-electron chi connectivity index (χ2n) is 5.92. The Morgan fingerprint density at radius 2 is 2.29 bits per heavy atom. The van der Waals surface area contributed by atoms with Crippen molar-refractivity contribution in [3.05, 3.63) is 46.5 Å². The van der Waals surface area contributed by atoms with Crippen LogP contribution in [0.1, 0.15) is 25.0 Å². The highest BCUT2D eigenvalue weighted by Crippen LogP contribution is 2.29. The number of aromatic nitrogens is 2. The molecular formula is C16H22N4O. The molecule has 1 aliphatic rings. The van der Waals surface area contributed by atoms with Crippen LogP contribution in [-0.2, 0) is 6.54 Å². The van der Waals surface area contributed by atoms with E-state index >= 15 is 0 Å². The Morgan fingerprint density at radius 1 is 1.43 bits per heavy atom. The van der Waals surface area contributed by atoms with Gasteiger partial charge in [0.25, 0.3) is 5.56 Å². The summed E-state index contributed by atoms with van der Waals surface area (Å²) in [5.74, 6) is 0.566. The van der Waals surface area contributed by atoms with Gasteiger partial charge in [-0.25, -0.2) is 4.98 Å². The molecule has 2 unspecified atom stereocenters. The van der Waals surface area contributed by atoms with Crippen molar-refractivity contribution in [1.29, 1.82) is 0 Å². The summed E-state index contributed by atoms with van der Waals surface area (Å²) in [4.78, 5) is 19.0. The summed E-state index contributed by atoms with van der Waals surface area (Å²) in [5, 5.41) is 0. The topological polar surface area (TPSA) is 63.6 Å². The fourth-order valence-corrected chi connectivity index (χ4v) is 3.43. The van der Waals surface area contributed by atoms with Crippen molar-refractivity contribution in [2.75, 3.05) is 13.6 Å². The van der Waals surface area contributed by atoms with Gasteiger partial charge in [-0.15, -0.1) is 0 Å². The molecule has 0 amide bonds. The molecule has 0 spiro atoms. The minimum absolute atomic E-state index is 0.0224. The SMILES string of the molecule is CN(Cc1cc(=O)n2ccccc2n1)C1CCCC1CN. The van der Waals surface area contributed by atoms with E-state index in [1.165, 1.54) is 19.3 Å². The Balaban J connectivity index is 1.83. The molecule has 0 bridgehead atoms. The number of nitrogens with two attached hydrogens (primary N) is 1. The first-order valence-corrected chi connectivity index (χ1v) is 7.56. The van der Waals surface area contributed by atoms with Gasteiger partial charge in [0.05, 0.1) is 5.69 Å². The molecule has 0 saturated heterocycles. The minimum Gasteiger partial charge on any atom is -0.330 e. The number of pyridine rings is 1. The molecule has 21 heavy (non-hydrogen) atoms. The summed E-state index contributed by atoms with van der Waals surface area (Å²) in [6, 6.07) is 7.74. The van der Waals surface area contributed by atoms with E-state index in [9.17, 15) is 4.79 Å². The zero-order chi connectivity index (χ0) is 14.8. The van der Waals surface area contributed by atoms with Gasteiger partial charge in [0, 0.05) is 24.8 Å². The van der Waals surface area contributed by atoms with Gasteiger partial charge in [-0.05, 0) is 44.5 Å². The molecule has 2 N–H and O–H groups in total. The zero-order valence-corrected chi connectivity index (χ0v) is 12.4. The lowest BCUT2D eigenvalue weighted by molar-refractivity contribution is 0.191. The second-order valence-corrected chi connectivity index (χ2v) is 5.92. The molecule has 0 aliphatic heterocycles. The van der Waals surface area contributed by atoms with E-state index in [1.54, 1.807) is 16.7 Å². The fourth-order valence-electron chi connectivity index (χ4n) is 3.43. The maximum Gasteiger partial charge on any atom is 0.258 e. The maximum atomic E-state index is 12.1. The van der Waals surface area contributed by atoms with Gasteiger partial charge in [-0.1, -0.05) is 12.5 Å². The van der Waals surface area contributed by atoms with E-state index in [1.807, 2.05) is 18.2 Å². The monoisotopic (exact) mass is 286 g/mol. The van der Waals surface area contributed by atoms with E-state index < -0.39 is 0 Å². The molecule has 2 aromatic rings. The summed E-state index contributed by atoms with van der Waals surface area (Å²) < 4.78 is 1.57. The minimum atomic E-state index is -0.0224. The van der Waals surface area contributed by atoms with Crippen molar-refractivity contribution in [2.24, 2.45) is 11.7 Å². The lowest BCUT2D eigenvalue weighted by atomic mass is 10.0. The van der Waals surface area contributed by atoms with Gasteiger partial charge < -0.3 is 5.73 Å². The van der Waals surface area contributed by atoms with Crippen molar-refractivity contribution < 1.29 is 0 Å². The van der Waals surface area contributed by atoms with Gasteiger partial charge in [0.15, 0.2) is 0 Å². The summed E-state index contributed by atoms with van der Waals surface area (Å²) in [5.41, 5.74) is 7.37.